The fourth-order valence-corrected chi connectivity index (χ4v) is 4.94. The van der Waals surface area contributed by atoms with E-state index < -0.39 is 0 Å². The quantitative estimate of drug-likeness (QED) is 0.550. The lowest BCUT2D eigenvalue weighted by Crippen LogP contribution is -2.31. The van der Waals surface area contributed by atoms with Gasteiger partial charge in [-0.3, -0.25) is 4.79 Å². The van der Waals surface area contributed by atoms with E-state index in [1.165, 1.54) is 31.4 Å². The number of nitrogens with one attached hydrogen (secondary N) is 1. The van der Waals surface area contributed by atoms with Gasteiger partial charge in [-0.05, 0) is 80.5 Å². The van der Waals surface area contributed by atoms with Crippen LogP contribution in [0.5, 0.6) is 11.5 Å². The molecule has 0 bridgehead atoms. The van der Waals surface area contributed by atoms with Crippen LogP contribution in [0.25, 0.3) is 0 Å². The molecule has 176 valence electrons. The fourth-order valence-electron chi connectivity index (χ4n) is 4.94. The zero-order chi connectivity index (χ0) is 22.6. The molecule has 1 amide bonds. The molecule has 5 nitrogen and oxygen atoms in total. The van der Waals surface area contributed by atoms with E-state index in [1.54, 1.807) is 0 Å². The molecule has 1 saturated heterocycles. The molecule has 2 saturated carbocycles. The molecule has 0 aromatic heterocycles. The van der Waals surface area contributed by atoms with Crippen molar-refractivity contribution >= 4 is 11.6 Å². The number of amides is 1. The van der Waals surface area contributed by atoms with Gasteiger partial charge >= 0.3 is 0 Å². The van der Waals surface area contributed by atoms with E-state index in [2.05, 4.69) is 53.5 Å². The SMILES string of the molecule is C[C@H](NC(=O)C1CCCC1)c1ccc(O[C@@H]2CCN(c3ccc(OCC4CC4)cc3)C2)cc1. The van der Waals surface area contributed by atoms with Gasteiger partial charge in [-0.15, -0.1) is 0 Å². The van der Waals surface area contributed by atoms with E-state index in [-0.39, 0.29) is 24.0 Å². The van der Waals surface area contributed by atoms with Gasteiger partial charge in [0.25, 0.3) is 0 Å². The third-order valence-electron chi connectivity index (χ3n) is 7.30. The maximum absolute atomic E-state index is 12.4. The third kappa shape index (κ3) is 5.82. The molecule has 1 N–H and O–H groups in total. The molecule has 2 aliphatic carbocycles. The molecule has 0 unspecified atom stereocenters. The first-order chi connectivity index (χ1) is 16.1. The molecule has 1 heterocycles. The Morgan fingerprint density at radius 2 is 1.67 bits per heavy atom. The van der Waals surface area contributed by atoms with Crippen molar-refractivity contribution in [3.63, 3.8) is 0 Å². The maximum Gasteiger partial charge on any atom is 0.223 e. The van der Waals surface area contributed by atoms with Crippen LogP contribution < -0.4 is 19.7 Å². The average molecular weight is 449 g/mol. The second kappa shape index (κ2) is 10.1. The molecule has 3 fully saturated rings. The second-order valence-electron chi connectivity index (χ2n) is 10.0. The van der Waals surface area contributed by atoms with E-state index in [0.717, 1.165) is 61.9 Å². The van der Waals surface area contributed by atoms with Crippen LogP contribution in [0.15, 0.2) is 48.5 Å². The van der Waals surface area contributed by atoms with Crippen molar-refractivity contribution in [2.24, 2.45) is 11.8 Å². The zero-order valence-electron chi connectivity index (χ0n) is 19.7. The Bertz CT molecular complexity index is 917. The van der Waals surface area contributed by atoms with E-state index in [9.17, 15) is 4.79 Å². The van der Waals surface area contributed by atoms with Crippen molar-refractivity contribution in [1.29, 1.82) is 0 Å². The standard InChI is InChI=1S/C28H36N2O3/c1-20(29-28(31)23-4-2-3-5-23)22-8-12-26(13-9-22)33-27-16-17-30(18-27)24-10-14-25(15-11-24)32-19-21-6-7-21/h8-15,20-21,23,27H,2-7,16-19H2,1H3,(H,29,31)/t20-,27+/m0/s1. The van der Waals surface area contributed by atoms with Gasteiger partial charge < -0.3 is 19.7 Å². The van der Waals surface area contributed by atoms with Gasteiger partial charge in [0.1, 0.15) is 17.6 Å². The van der Waals surface area contributed by atoms with Crippen molar-refractivity contribution < 1.29 is 14.3 Å². The first-order valence-electron chi connectivity index (χ1n) is 12.7. The largest absolute Gasteiger partial charge is 0.493 e. The Balaban J connectivity index is 1.09. The Morgan fingerprint density at radius 3 is 2.36 bits per heavy atom. The van der Waals surface area contributed by atoms with Gasteiger partial charge in [0.15, 0.2) is 0 Å². The van der Waals surface area contributed by atoms with Crippen LogP contribution >= 0.6 is 0 Å². The van der Waals surface area contributed by atoms with E-state index in [0.29, 0.717) is 0 Å². The van der Waals surface area contributed by atoms with Crippen LogP contribution in [-0.2, 0) is 4.79 Å². The summed E-state index contributed by atoms with van der Waals surface area (Å²) < 4.78 is 12.1. The van der Waals surface area contributed by atoms with Gasteiger partial charge in [0.2, 0.25) is 5.91 Å². The molecule has 2 aromatic carbocycles. The van der Waals surface area contributed by atoms with E-state index in [1.807, 2.05) is 12.1 Å². The summed E-state index contributed by atoms with van der Waals surface area (Å²) in [4.78, 5) is 14.8. The van der Waals surface area contributed by atoms with Crippen LogP contribution in [0.3, 0.4) is 0 Å². The number of hydrogen-bond acceptors (Lipinski definition) is 4. The summed E-state index contributed by atoms with van der Waals surface area (Å²) in [5, 5.41) is 3.18. The molecule has 0 radical (unpaired) electrons. The molecular formula is C28H36N2O3. The summed E-state index contributed by atoms with van der Waals surface area (Å²) in [6.45, 7) is 4.79. The Kier molecular flexibility index (Phi) is 6.75. The smallest absolute Gasteiger partial charge is 0.223 e. The first-order valence-corrected chi connectivity index (χ1v) is 12.7. The number of nitrogens with zero attached hydrogens (tertiary/aromatic N) is 1. The number of carbonyl (C=O) groups excluding carboxylic acids is 1. The topological polar surface area (TPSA) is 50.8 Å². The number of benzene rings is 2. The number of ether oxygens (including phenoxy) is 2. The highest BCUT2D eigenvalue weighted by Crippen LogP contribution is 2.31. The molecule has 33 heavy (non-hydrogen) atoms. The van der Waals surface area contributed by atoms with Crippen LogP contribution in [0.4, 0.5) is 5.69 Å². The third-order valence-corrected chi connectivity index (χ3v) is 7.30. The molecule has 2 aromatic rings. The average Bonchev–Trinajstić information content (AvgIpc) is 3.29. The van der Waals surface area contributed by atoms with Crippen LogP contribution in [-0.4, -0.2) is 31.7 Å². The van der Waals surface area contributed by atoms with Gasteiger partial charge in [-0.2, -0.15) is 0 Å². The summed E-state index contributed by atoms with van der Waals surface area (Å²) in [5.74, 6) is 3.03. The van der Waals surface area contributed by atoms with Crippen molar-refractivity contribution in [3.05, 3.63) is 54.1 Å². The minimum atomic E-state index is 0.0188. The van der Waals surface area contributed by atoms with Gasteiger partial charge in [0, 0.05) is 24.6 Å². The predicted octanol–water partition coefficient (Wildman–Crippen LogP) is 5.50. The van der Waals surface area contributed by atoms with Crippen molar-refractivity contribution in [3.8, 4) is 11.5 Å². The minimum Gasteiger partial charge on any atom is -0.493 e. The number of rotatable bonds is 9. The molecule has 0 spiro atoms. The van der Waals surface area contributed by atoms with Crippen LogP contribution in [0.1, 0.15) is 63.5 Å². The summed E-state index contributed by atoms with van der Waals surface area (Å²) in [5.41, 5.74) is 2.34. The maximum atomic E-state index is 12.4. The van der Waals surface area contributed by atoms with Gasteiger partial charge in [-0.1, -0.05) is 25.0 Å². The highest BCUT2D eigenvalue weighted by molar-refractivity contribution is 5.79. The Hall–Kier alpha value is -2.69. The molecule has 1 aliphatic heterocycles. The van der Waals surface area contributed by atoms with Crippen LogP contribution in [0, 0.1) is 11.8 Å². The zero-order valence-corrected chi connectivity index (χ0v) is 19.7. The normalized spacial score (nSPS) is 21.7. The molecular weight excluding hydrogens is 412 g/mol. The molecule has 3 aliphatic rings. The predicted molar refractivity (Wildman–Crippen MR) is 131 cm³/mol. The van der Waals surface area contributed by atoms with Crippen molar-refractivity contribution in [2.45, 2.75) is 64.0 Å². The summed E-state index contributed by atoms with van der Waals surface area (Å²) in [6, 6.07) is 16.7. The Morgan fingerprint density at radius 1 is 0.970 bits per heavy atom. The highest BCUT2D eigenvalue weighted by atomic mass is 16.5. The van der Waals surface area contributed by atoms with E-state index >= 15 is 0 Å². The molecule has 5 rings (SSSR count). The highest BCUT2D eigenvalue weighted by Gasteiger charge is 2.26. The molecule has 2 atom stereocenters. The molecule has 5 heteroatoms. The van der Waals surface area contributed by atoms with Gasteiger partial charge in [-0.25, -0.2) is 0 Å². The fraction of sp³-hybridized carbons (Fsp3) is 0.536. The Labute approximate surface area is 197 Å². The van der Waals surface area contributed by atoms with Crippen molar-refractivity contribution in [2.75, 3.05) is 24.6 Å². The second-order valence-corrected chi connectivity index (χ2v) is 10.0. The summed E-state index contributed by atoms with van der Waals surface area (Å²) in [6.07, 6.45) is 8.23. The number of hydrogen-bond donors (Lipinski definition) is 1. The van der Waals surface area contributed by atoms with Crippen LogP contribution in [0.2, 0.25) is 0 Å². The lowest BCUT2D eigenvalue weighted by Gasteiger charge is -2.20. The minimum absolute atomic E-state index is 0.0188. The summed E-state index contributed by atoms with van der Waals surface area (Å²) in [7, 11) is 0. The monoisotopic (exact) mass is 448 g/mol. The number of anilines is 1. The summed E-state index contributed by atoms with van der Waals surface area (Å²) >= 11 is 0. The number of carbonyl (C=O) groups is 1. The lowest BCUT2D eigenvalue weighted by molar-refractivity contribution is -0.125. The van der Waals surface area contributed by atoms with Crippen molar-refractivity contribution in [1.82, 2.24) is 5.32 Å². The van der Waals surface area contributed by atoms with Gasteiger partial charge in [0.05, 0.1) is 19.2 Å². The van der Waals surface area contributed by atoms with E-state index in [4.69, 9.17) is 9.47 Å². The lowest BCUT2D eigenvalue weighted by atomic mass is 10.0. The first kappa shape index (κ1) is 22.1.